The van der Waals surface area contributed by atoms with E-state index < -0.39 is 10.0 Å². The molecular weight excluding hydrogens is 366 g/mol. The van der Waals surface area contributed by atoms with Gasteiger partial charge < -0.3 is 15.0 Å². The molecule has 2 aliphatic heterocycles. The van der Waals surface area contributed by atoms with Gasteiger partial charge in [-0.2, -0.15) is 4.31 Å². The predicted molar refractivity (Wildman–Crippen MR) is 104 cm³/mol. The number of sulfonamides is 1. The zero-order valence-electron chi connectivity index (χ0n) is 16.1. The van der Waals surface area contributed by atoms with Crippen molar-refractivity contribution in [1.29, 1.82) is 0 Å². The molecule has 1 atom stereocenters. The molecule has 8 heteroatoms. The van der Waals surface area contributed by atoms with Crippen LogP contribution in [0.2, 0.25) is 0 Å². The van der Waals surface area contributed by atoms with Gasteiger partial charge in [0.05, 0.1) is 7.11 Å². The number of carbonyl (C=O) groups is 1. The lowest BCUT2D eigenvalue weighted by Crippen LogP contribution is -2.52. The Hall–Kier alpha value is -1.64. The van der Waals surface area contributed by atoms with Gasteiger partial charge in [-0.3, -0.25) is 4.79 Å². The Bertz CT molecular complexity index is 773. The number of methoxy groups -OCH3 is 1. The third-order valence-corrected chi connectivity index (χ3v) is 7.28. The van der Waals surface area contributed by atoms with Crippen molar-refractivity contribution in [1.82, 2.24) is 14.5 Å². The Kier molecular flexibility index (Phi) is 6.39. The number of rotatable bonds is 4. The van der Waals surface area contributed by atoms with Gasteiger partial charge >= 0.3 is 0 Å². The Labute approximate surface area is 161 Å². The average Bonchev–Trinajstić information content (AvgIpc) is 2.97. The molecule has 2 heterocycles. The molecule has 2 fully saturated rings. The monoisotopic (exact) mass is 395 g/mol. The topological polar surface area (TPSA) is 79.0 Å². The standard InChI is InChI=1S/C19H29N3O4S/c1-15-14-20-9-12-22(15)19(23)16-7-8-17(26-2)18(13-16)27(24,25)21-10-5-3-4-6-11-21/h7-8,13,15,20H,3-6,9-12,14H2,1-2H3/t15-/m0/s1. The molecule has 1 aromatic carbocycles. The number of ether oxygens (including phenoxy) is 1. The molecule has 27 heavy (non-hydrogen) atoms. The average molecular weight is 396 g/mol. The van der Waals surface area contributed by atoms with Gasteiger partial charge in [-0.1, -0.05) is 12.8 Å². The first-order valence-corrected chi connectivity index (χ1v) is 11.1. The highest BCUT2D eigenvalue weighted by atomic mass is 32.2. The lowest BCUT2D eigenvalue weighted by Gasteiger charge is -2.34. The smallest absolute Gasteiger partial charge is 0.254 e. The second kappa shape index (κ2) is 8.58. The third kappa shape index (κ3) is 4.28. The highest BCUT2D eigenvalue weighted by molar-refractivity contribution is 7.89. The number of amides is 1. The molecule has 1 N–H and O–H groups in total. The maximum atomic E-state index is 13.2. The van der Waals surface area contributed by atoms with Crippen LogP contribution in [-0.2, 0) is 10.0 Å². The number of nitrogens with one attached hydrogen (secondary N) is 1. The highest BCUT2D eigenvalue weighted by Crippen LogP contribution is 2.30. The quantitative estimate of drug-likeness (QED) is 0.839. The van der Waals surface area contributed by atoms with Crippen molar-refractivity contribution in [2.75, 3.05) is 39.8 Å². The van der Waals surface area contributed by atoms with E-state index in [1.165, 1.54) is 17.5 Å². The van der Waals surface area contributed by atoms with Crippen molar-refractivity contribution in [2.45, 2.75) is 43.5 Å². The highest BCUT2D eigenvalue weighted by Gasteiger charge is 2.31. The summed E-state index contributed by atoms with van der Waals surface area (Å²) in [5, 5.41) is 3.26. The molecule has 0 aliphatic carbocycles. The van der Waals surface area contributed by atoms with Gasteiger partial charge in [-0.25, -0.2) is 8.42 Å². The molecule has 1 aromatic rings. The van der Waals surface area contributed by atoms with Crippen LogP contribution in [0.3, 0.4) is 0 Å². The maximum absolute atomic E-state index is 13.2. The van der Waals surface area contributed by atoms with Crippen LogP contribution in [-0.4, -0.2) is 69.4 Å². The summed E-state index contributed by atoms with van der Waals surface area (Å²) in [6.07, 6.45) is 3.81. The SMILES string of the molecule is COc1ccc(C(=O)N2CCNC[C@@H]2C)cc1S(=O)(=O)N1CCCCCC1. The summed E-state index contributed by atoms with van der Waals surface area (Å²) in [4.78, 5) is 14.8. The molecule has 2 aliphatic rings. The summed E-state index contributed by atoms with van der Waals surface area (Å²) in [5.41, 5.74) is 0.387. The number of nitrogens with zero attached hydrogens (tertiary/aromatic N) is 2. The van der Waals surface area contributed by atoms with Crippen LogP contribution in [0.25, 0.3) is 0 Å². The van der Waals surface area contributed by atoms with Crippen molar-refractivity contribution < 1.29 is 17.9 Å². The summed E-state index contributed by atoms with van der Waals surface area (Å²) < 4.78 is 33.3. The molecular formula is C19H29N3O4S. The first-order chi connectivity index (χ1) is 12.9. The minimum absolute atomic E-state index is 0.0685. The van der Waals surface area contributed by atoms with E-state index in [2.05, 4.69) is 5.32 Å². The fourth-order valence-electron chi connectivity index (χ4n) is 3.74. The van der Waals surface area contributed by atoms with Gasteiger partial charge in [-0.05, 0) is 38.0 Å². The molecule has 7 nitrogen and oxygen atoms in total. The number of hydrogen-bond acceptors (Lipinski definition) is 5. The Morgan fingerprint density at radius 3 is 2.48 bits per heavy atom. The molecule has 0 aromatic heterocycles. The third-order valence-electron chi connectivity index (χ3n) is 5.36. The normalized spacial score (nSPS) is 22.3. The Balaban J connectivity index is 1.94. The van der Waals surface area contributed by atoms with E-state index >= 15 is 0 Å². The minimum atomic E-state index is -3.70. The van der Waals surface area contributed by atoms with Gasteiger partial charge in [0.25, 0.3) is 5.91 Å². The van der Waals surface area contributed by atoms with Crippen molar-refractivity contribution in [2.24, 2.45) is 0 Å². The van der Waals surface area contributed by atoms with Crippen LogP contribution in [0.5, 0.6) is 5.75 Å². The summed E-state index contributed by atoms with van der Waals surface area (Å²) in [6.45, 7) is 5.10. The van der Waals surface area contributed by atoms with E-state index in [1.807, 2.05) is 6.92 Å². The number of piperazine rings is 1. The van der Waals surface area contributed by atoms with Crippen molar-refractivity contribution in [3.05, 3.63) is 23.8 Å². The number of carbonyl (C=O) groups excluding carboxylic acids is 1. The number of hydrogen-bond donors (Lipinski definition) is 1. The van der Waals surface area contributed by atoms with Gasteiger partial charge in [-0.15, -0.1) is 0 Å². The fraction of sp³-hybridized carbons (Fsp3) is 0.632. The van der Waals surface area contributed by atoms with Gasteiger partial charge in [0.1, 0.15) is 10.6 Å². The van der Waals surface area contributed by atoms with E-state index in [9.17, 15) is 13.2 Å². The van der Waals surface area contributed by atoms with Crippen LogP contribution in [0, 0.1) is 0 Å². The first-order valence-electron chi connectivity index (χ1n) is 9.65. The molecule has 2 saturated heterocycles. The Morgan fingerprint density at radius 2 is 1.85 bits per heavy atom. The van der Waals surface area contributed by atoms with Crippen LogP contribution in [0.15, 0.2) is 23.1 Å². The van der Waals surface area contributed by atoms with Gasteiger partial charge in [0.15, 0.2) is 0 Å². The zero-order chi connectivity index (χ0) is 19.4. The summed E-state index contributed by atoms with van der Waals surface area (Å²) in [6, 6.07) is 4.79. The predicted octanol–water partition coefficient (Wildman–Crippen LogP) is 1.69. The summed E-state index contributed by atoms with van der Waals surface area (Å²) >= 11 is 0. The molecule has 3 rings (SSSR count). The molecule has 150 valence electrons. The van der Waals surface area contributed by atoms with Gasteiger partial charge in [0, 0.05) is 44.3 Å². The van der Waals surface area contributed by atoms with Gasteiger partial charge in [0.2, 0.25) is 10.0 Å². The molecule has 1 amide bonds. The lowest BCUT2D eigenvalue weighted by molar-refractivity contribution is 0.0655. The largest absolute Gasteiger partial charge is 0.495 e. The van der Waals surface area contributed by atoms with Crippen LogP contribution < -0.4 is 10.1 Å². The molecule has 0 unspecified atom stereocenters. The Morgan fingerprint density at radius 1 is 1.15 bits per heavy atom. The zero-order valence-corrected chi connectivity index (χ0v) is 16.9. The molecule has 0 saturated carbocycles. The maximum Gasteiger partial charge on any atom is 0.254 e. The van der Waals surface area contributed by atoms with E-state index in [4.69, 9.17) is 4.74 Å². The minimum Gasteiger partial charge on any atom is -0.495 e. The van der Waals surface area contributed by atoms with E-state index in [0.29, 0.717) is 25.2 Å². The van der Waals surface area contributed by atoms with E-state index in [0.717, 1.165) is 38.8 Å². The van der Waals surface area contributed by atoms with Crippen LogP contribution in [0.4, 0.5) is 0 Å². The van der Waals surface area contributed by atoms with Crippen molar-refractivity contribution >= 4 is 15.9 Å². The fourth-order valence-corrected chi connectivity index (χ4v) is 5.44. The van der Waals surface area contributed by atoms with Crippen LogP contribution >= 0.6 is 0 Å². The molecule has 0 bridgehead atoms. The lowest BCUT2D eigenvalue weighted by atomic mass is 10.1. The second-order valence-corrected chi connectivity index (χ2v) is 9.14. The van der Waals surface area contributed by atoms with Crippen LogP contribution in [0.1, 0.15) is 43.0 Å². The second-order valence-electron chi connectivity index (χ2n) is 7.24. The summed E-state index contributed by atoms with van der Waals surface area (Å²) in [7, 11) is -2.25. The molecule has 0 spiro atoms. The first kappa shape index (κ1) is 20.1. The number of benzene rings is 1. The summed E-state index contributed by atoms with van der Waals surface area (Å²) in [5.74, 6) is 0.142. The molecule has 0 radical (unpaired) electrons. The van der Waals surface area contributed by atoms with E-state index in [1.54, 1.807) is 17.0 Å². The van der Waals surface area contributed by atoms with E-state index in [-0.39, 0.29) is 22.6 Å². The van der Waals surface area contributed by atoms with Crippen molar-refractivity contribution in [3.8, 4) is 5.75 Å². The van der Waals surface area contributed by atoms with Crippen molar-refractivity contribution in [3.63, 3.8) is 0 Å².